The van der Waals surface area contributed by atoms with Crippen molar-refractivity contribution in [2.75, 3.05) is 0 Å². The number of benzene rings is 2. The first-order valence-corrected chi connectivity index (χ1v) is 6.06. The van der Waals surface area contributed by atoms with Crippen molar-refractivity contribution in [2.45, 2.75) is 0 Å². The third-order valence-corrected chi connectivity index (χ3v) is 3.03. The summed E-state index contributed by atoms with van der Waals surface area (Å²) >= 11 is 5.85. The smallest absolute Gasteiger partial charge is 0.0999 e. The number of fused-ring (bicyclic) bond motifs is 1. The fraction of sp³-hybridized carbons (Fsp3) is 0. The maximum atomic E-state index is 5.85. The van der Waals surface area contributed by atoms with E-state index in [2.05, 4.69) is 11.1 Å². The van der Waals surface area contributed by atoms with Gasteiger partial charge in [-0.3, -0.25) is 0 Å². The fourth-order valence-corrected chi connectivity index (χ4v) is 1.96. The summed E-state index contributed by atoms with van der Waals surface area (Å²) in [6.45, 7) is 0. The molecule has 18 heavy (non-hydrogen) atoms. The fourth-order valence-electron chi connectivity index (χ4n) is 1.84. The summed E-state index contributed by atoms with van der Waals surface area (Å²) in [5.41, 5.74) is 3.21. The minimum absolute atomic E-state index is 0.750. The zero-order valence-corrected chi connectivity index (χ0v) is 10.4. The maximum Gasteiger partial charge on any atom is 0.0999 e. The quantitative estimate of drug-likeness (QED) is 0.666. The van der Waals surface area contributed by atoms with Crippen LogP contribution in [0.15, 0.2) is 54.9 Å². The van der Waals surface area contributed by atoms with Gasteiger partial charge in [-0.1, -0.05) is 35.9 Å². The Morgan fingerprint density at radius 2 is 1.78 bits per heavy atom. The first kappa shape index (κ1) is 11.1. The van der Waals surface area contributed by atoms with E-state index in [1.54, 1.807) is 0 Å². The van der Waals surface area contributed by atoms with Crippen molar-refractivity contribution in [3.63, 3.8) is 0 Å². The van der Waals surface area contributed by atoms with Crippen molar-refractivity contribution in [1.82, 2.24) is 9.55 Å². The van der Waals surface area contributed by atoms with Crippen LogP contribution in [0.1, 0.15) is 5.56 Å². The lowest BCUT2D eigenvalue weighted by molar-refractivity contribution is 1.18. The second-order valence-electron chi connectivity index (χ2n) is 4.01. The van der Waals surface area contributed by atoms with E-state index in [1.165, 1.54) is 0 Å². The number of aromatic nitrogens is 2. The third-order valence-electron chi connectivity index (χ3n) is 2.78. The number of hydrogen-bond donors (Lipinski definition) is 0. The standard InChI is InChI=1S/C15H11ClN2/c16-13-7-5-12(6-8-13)9-10-18-11-17-14-3-1-2-4-15(14)18/h1-11H/b10-9-. The molecule has 3 aromatic rings. The first-order chi connectivity index (χ1) is 8.83. The van der Waals surface area contributed by atoms with Crippen molar-refractivity contribution in [2.24, 2.45) is 0 Å². The van der Waals surface area contributed by atoms with E-state index >= 15 is 0 Å². The number of halogens is 1. The largest absolute Gasteiger partial charge is 0.306 e. The average Bonchev–Trinajstić information content (AvgIpc) is 2.82. The van der Waals surface area contributed by atoms with E-state index in [0.717, 1.165) is 21.6 Å². The van der Waals surface area contributed by atoms with E-state index in [9.17, 15) is 0 Å². The van der Waals surface area contributed by atoms with Gasteiger partial charge < -0.3 is 4.57 Å². The molecule has 0 spiro atoms. The normalized spacial score (nSPS) is 11.4. The topological polar surface area (TPSA) is 17.8 Å². The molecule has 3 rings (SSSR count). The minimum Gasteiger partial charge on any atom is -0.306 e. The predicted molar refractivity (Wildman–Crippen MR) is 76.4 cm³/mol. The van der Waals surface area contributed by atoms with Crippen LogP contribution in [0.5, 0.6) is 0 Å². The molecule has 0 amide bonds. The number of rotatable bonds is 2. The average molecular weight is 255 g/mol. The monoisotopic (exact) mass is 254 g/mol. The Morgan fingerprint density at radius 3 is 2.61 bits per heavy atom. The van der Waals surface area contributed by atoms with Gasteiger partial charge in [0.1, 0.15) is 0 Å². The third kappa shape index (κ3) is 2.15. The summed E-state index contributed by atoms with van der Waals surface area (Å²) in [4.78, 5) is 4.34. The van der Waals surface area contributed by atoms with Gasteiger partial charge >= 0.3 is 0 Å². The van der Waals surface area contributed by atoms with Crippen LogP contribution < -0.4 is 0 Å². The molecule has 0 saturated heterocycles. The van der Waals surface area contributed by atoms with Gasteiger partial charge in [-0.2, -0.15) is 0 Å². The Hall–Kier alpha value is -2.06. The Bertz CT molecular complexity index is 696. The molecule has 1 aromatic heterocycles. The zero-order chi connectivity index (χ0) is 12.4. The molecule has 88 valence electrons. The van der Waals surface area contributed by atoms with Crippen LogP contribution in [-0.2, 0) is 0 Å². The van der Waals surface area contributed by atoms with Crippen LogP contribution in [0, 0.1) is 0 Å². The summed E-state index contributed by atoms with van der Waals surface area (Å²) in [6.07, 6.45) is 5.85. The molecular formula is C15H11ClN2. The van der Waals surface area contributed by atoms with Gasteiger partial charge in [0.25, 0.3) is 0 Å². The second kappa shape index (κ2) is 4.67. The summed E-state index contributed by atoms with van der Waals surface area (Å²) < 4.78 is 2.00. The maximum absolute atomic E-state index is 5.85. The van der Waals surface area contributed by atoms with Crippen molar-refractivity contribution in [1.29, 1.82) is 0 Å². The highest BCUT2D eigenvalue weighted by molar-refractivity contribution is 6.30. The molecule has 0 fully saturated rings. The van der Waals surface area contributed by atoms with Gasteiger partial charge in [-0.25, -0.2) is 4.98 Å². The van der Waals surface area contributed by atoms with Crippen molar-refractivity contribution in [3.8, 4) is 0 Å². The highest BCUT2D eigenvalue weighted by Crippen LogP contribution is 2.14. The first-order valence-electron chi connectivity index (χ1n) is 5.68. The minimum atomic E-state index is 0.750. The highest BCUT2D eigenvalue weighted by atomic mass is 35.5. The van der Waals surface area contributed by atoms with E-state index in [4.69, 9.17) is 11.6 Å². The molecule has 0 saturated carbocycles. The molecule has 0 unspecified atom stereocenters. The molecule has 0 aliphatic heterocycles. The lowest BCUT2D eigenvalue weighted by Gasteiger charge is -1.97. The second-order valence-corrected chi connectivity index (χ2v) is 4.44. The Labute approximate surface area is 110 Å². The lowest BCUT2D eigenvalue weighted by atomic mass is 10.2. The van der Waals surface area contributed by atoms with Gasteiger partial charge in [-0.05, 0) is 35.9 Å². The molecular weight excluding hydrogens is 244 g/mol. The molecule has 2 aromatic carbocycles. The molecule has 0 bridgehead atoms. The lowest BCUT2D eigenvalue weighted by Crippen LogP contribution is -1.82. The van der Waals surface area contributed by atoms with Gasteiger partial charge in [0.15, 0.2) is 0 Å². The summed E-state index contributed by atoms with van der Waals surface area (Å²) in [5, 5.41) is 0.750. The molecule has 3 heteroatoms. The van der Waals surface area contributed by atoms with Crippen LogP contribution >= 0.6 is 11.6 Å². The van der Waals surface area contributed by atoms with Crippen LogP contribution in [0.25, 0.3) is 23.3 Å². The number of hydrogen-bond acceptors (Lipinski definition) is 1. The van der Waals surface area contributed by atoms with Crippen molar-refractivity contribution >= 4 is 34.9 Å². The van der Waals surface area contributed by atoms with E-state index in [1.807, 2.05) is 65.6 Å². The van der Waals surface area contributed by atoms with E-state index < -0.39 is 0 Å². The SMILES string of the molecule is Clc1ccc(/C=C\n2cnc3ccccc32)cc1. The predicted octanol–water partition coefficient (Wildman–Crippen LogP) is 4.32. The molecule has 0 N–H and O–H groups in total. The Morgan fingerprint density at radius 1 is 1.00 bits per heavy atom. The summed E-state index contributed by atoms with van der Waals surface area (Å²) in [6, 6.07) is 15.8. The van der Waals surface area contributed by atoms with Crippen LogP contribution in [0.4, 0.5) is 0 Å². The van der Waals surface area contributed by atoms with Crippen molar-refractivity contribution in [3.05, 3.63) is 65.4 Å². The summed E-state index contributed by atoms with van der Waals surface area (Å²) in [5.74, 6) is 0. The van der Waals surface area contributed by atoms with Crippen molar-refractivity contribution < 1.29 is 0 Å². The highest BCUT2D eigenvalue weighted by Gasteiger charge is 1.97. The van der Waals surface area contributed by atoms with Gasteiger partial charge in [0.2, 0.25) is 0 Å². The molecule has 0 radical (unpaired) electrons. The van der Waals surface area contributed by atoms with Crippen LogP contribution in [0.2, 0.25) is 5.02 Å². The Balaban J connectivity index is 1.94. The zero-order valence-electron chi connectivity index (χ0n) is 9.62. The van der Waals surface area contributed by atoms with Crippen LogP contribution in [0.3, 0.4) is 0 Å². The molecule has 1 heterocycles. The van der Waals surface area contributed by atoms with Gasteiger partial charge in [0, 0.05) is 11.2 Å². The molecule has 2 nitrogen and oxygen atoms in total. The molecule has 0 atom stereocenters. The number of imidazole rings is 1. The summed E-state index contributed by atoms with van der Waals surface area (Å²) in [7, 11) is 0. The number of nitrogens with zero attached hydrogens (tertiary/aromatic N) is 2. The van der Waals surface area contributed by atoms with Gasteiger partial charge in [0.05, 0.1) is 17.4 Å². The van der Waals surface area contributed by atoms with E-state index in [-0.39, 0.29) is 0 Å². The molecule has 0 aliphatic carbocycles. The molecule has 0 aliphatic rings. The number of para-hydroxylation sites is 2. The van der Waals surface area contributed by atoms with Crippen LogP contribution in [-0.4, -0.2) is 9.55 Å². The Kier molecular flexibility index (Phi) is 2.87. The van der Waals surface area contributed by atoms with Gasteiger partial charge in [-0.15, -0.1) is 0 Å². The van der Waals surface area contributed by atoms with E-state index in [0.29, 0.717) is 0 Å².